The molecule has 0 saturated heterocycles. The van der Waals surface area contributed by atoms with Crippen LogP contribution in [0.3, 0.4) is 0 Å². The summed E-state index contributed by atoms with van der Waals surface area (Å²) in [6.07, 6.45) is 1.33. The van der Waals surface area contributed by atoms with Crippen LogP contribution in [0.4, 0.5) is 5.69 Å². The zero-order valence-corrected chi connectivity index (χ0v) is 13.8. The van der Waals surface area contributed by atoms with Crippen molar-refractivity contribution in [2.24, 2.45) is 0 Å². The van der Waals surface area contributed by atoms with Gasteiger partial charge in [0, 0.05) is 12.5 Å². The number of pyridine rings is 1. The lowest BCUT2D eigenvalue weighted by Gasteiger charge is -2.07. The first-order valence-electron chi connectivity index (χ1n) is 7.00. The van der Waals surface area contributed by atoms with Crippen molar-refractivity contribution < 1.29 is 17.9 Å². The minimum absolute atomic E-state index is 0.123. The van der Waals surface area contributed by atoms with Crippen LogP contribution < -0.4 is 10.1 Å². The van der Waals surface area contributed by atoms with E-state index in [1.165, 1.54) is 13.3 Å². The molecule has 1 heterocycles. The molecule has 0 spiro atoms. The van der Waals surface area contributed by atoms with Gasteiger partial charge >= 0.3 is 0 Å². The number of hydrogen-bond acceptors (Lipinski definition) is 5. The fourth-order valence-corrected chi connectivity index (χ4v) is 3.13. The Morgan fingerprint density at radius 3 is 2.43 bits per heavy atom. The molecule has 0 bridgehead atoms. The van der Waals surface area contributed by atoms with E-state index in [0.29, 0.717) is 11.6 Å². The minimum Gasteiger partial charge on any atom is -0.481 e. The summed E-state index contributed by atoms with van der Waals surface area (Å²) < 4.78 is 29.3. The molecule has 1 aromatic heterocycles. The van der Waals surface area contributed by atoms with Crippen LogP contribution in [0.1, 0.15) is 12.0 Å². The summed E-state index contributed by atoms with van der Waals surface area (Å²) in [7, 11) is -1.97. The maximum Gasteiger partial charge on any atom is 0.225 e. The number of hydrogen-bond donors (Lipinski definition) is 1. The first-order chi connectivity index (χ1) is 10.9. The second-order valence-corrected chi connectivity index (χ2v) is 7.13. The van der Waals surface area contributed by atoms with Gasteiger partial charge in [0.25, 0.3) is 0 Å². The predicted octanol–water partition coefficient (Wildman–Crippen LogP) is 2.20. The molecule has 6 nitrogen and oxygen atoms in total. The van der Waals surface area contributed by atoms with Crippen molar-refractivity contribution in [2.75, 3.05) is 18.2 Å². The molecule has 0 unspecified atom stereocenters. The number of amides is 1. The van der Waals surface area contributed by atoms with Crippen LogP contribution in [0.5, 0.6) is 5.88 Å². The normalized spacial score (nSPS) is 11.0. The number of benzene rings is 1. The zero-order valence-electron chi connectivity index (χ0n) is 12.9. The summed E-state index contributed by atoms with van der Waals surface area (Å²) in [6, 6.07) is 9.81. The summed E-state index contributed by atoms with van der Waals surface area (Å²) in [5.74, 6) is -0.191. The molecule has 2 aromatic rings. The Balaban J connectivity index is 1.93. The number of sulfone groups is 1. The summed E-state index contributed by atoms with van der Waals surface area (Å²) in [5.41, 5.74) is 1.47. The molecule has 23 heavy (non-hydrogen) atoms. The molecule has 1 amide bonds. The van der Waals surface area contributed by atoms with E-state index in [-0.39, 0.29) is 23.0 Å². The third-order valence-corrected chi connectivity index (χ3v) is 4.94. The van der Waals surface area contributed by atoms with Gasteiger partial charge in [-0.3, -0.25) is 4.79 Å². The molecular weight excluding hydrogens is 316 g/mol. The predicted molar refractivity (Wildman–Crippen MR) is 87.3 cm³/mol. The number of rotatable bonds is 6. The Morgan fingerprint density at radius 2 is 1.87 bits per heavy atom. The highest BCUT2D eigenvalue weighted by Crippen LogP contribution is 2.14. The summed E-state index contributed by atoms with van der Waals surface area (Å²) in [5, 5.41) is 2.60. The van der Waals surface area contributed by atoms with Gasteiger partial charge in [0.2, 0.25) is 11.8 Å². The zero-order chi connectivity index (χ0) is 16.9. The van der Waals surface area contributed by atoms with Crippen molar-refractivity contribution in [2.45, 2.75) is 18.2 Å². The average Bonchev–Trinajstić information content (AvgIpc) is 2.54. The SMILES string of the molecule is COc1ccc(NC(=O)CCS(=O)(=O)c2ccc(C)cc2)cn1. The summed E-state index contributed by atoms with van der Waals surface area (Å²) >= 11 is 0. The van der Waals surface area contributed by atoms with Crippen molar-refractivity contribution in [1.29, 1.82) is 0 Å². The van der Waals surface area contributed by atoms with Crippen LogP contribution in [-0.4, -0.2) is 32.2 Å². The van der Waals surface area contributed by atoms with E-state index in [4.69, 9.17) is 4.74 Å². The second-order valence-electron chi connectivity index (χ2n) is 5.02. The van der Waals surface area contributed by atoms with E-state index >= 15 is 0 Å². The molecule has 1 N–H and O–H groups in total. The van der Waals surface area contributed by atoms with Gasteiger partial charge in [-0.25, -0.2) is 13.4 Å². The van der Waals surface area contributed by atoms with Crippen LogP contribution in [-0.2, 0) is 14.6 Å². The van der Waals surface area contributed by atoms with Crippen molar-refractivity contribution in [3.8, 4) is 5.88 Å². The van der Waals surface area contributed by atoms with E-state index in [2.05, 4.69) is 10.3 Å². The fraction of sp³-hybridized carbons (Fsp3) is 0.250. The first-order valence-corrected chi connectivity index (χ1v) is 8.65. The Kier molecular flexibility index (Phi) is 5.33. The van der Waals surface area contributed by atoms with Gasteiger partial charge in [-0.15, -0.1) is 0 Å². The van der Waals surface area contributed by atoms with Gasteiger partial charge in [-0.2, -0.15) is 0 Å². The first kappa shape index (κ1) is 17.0. The molecule has 122 valence electrons. The van der Waals surface area contributed by atoms with Crippen LogP contribution in [0.25, 0.3) is 0 Å². The molecule has 2 rings (SSSR count). The number of carbonyl (C=O) groups is 1. The van der Waals surface area contributed by atoms with Gasteiger partial charge in [0.15, 0.2) is 9.84 Å². The Morgan fingerprint density at radius 1 is 1.17 bits per heavy atom. The maximum absolute atomic E-state index is 12.2. The second kappa shape index (κ2) is 7.23. The van der Waals surface area contributed by atoms with Crippen LogP contribution >= 0.6 is 0 Å². The van der Waals surface area contributed by atoms with Crippen LogP contribution in [0.15, 0.2) is 47.5 Å². The topological polar surface area (TPSA) is 85.4 Å². The Hall–Kier alpha value is -2.41. The van der Waals surface area contributed by atoms with Crippen LogP contribution in [0.2, 0.25) is 0 Å². The van der Waals surface area contributed by atoms with Gasteiger partial charge in [0.05, 0.1) is 29.6 Å². The highest BCUT2D eigenvalue weighted by molar-refractivity contribution is 7.91. The molecule has 0 atom stereocenters. The van der Waals surface area contributed by atoms with E-state index in [0.717, 1.165) is 5.56 Å². The lowest BCUT2D eigenvalue weighted by Crippen LogP contribution is -2.17. The number of ether oxygens (including phenoxy) is 1. The van der Waals surface area contributed by atoms with E-state index in [1.807, 2.05) is 6.92 Å². The minimum atomic E-state index is -3.47. The van der Waals surface area contributed by atoms with Gasteiger partial charge in [-0.1, -0.05) is 17.7 Å². The molecule has 7 heteroatoms. The number of nitrogens with zero attached hydrogens (tertiary/aromatic N) is 1. The number of aromatic nitrogens is 1. The highest BCUT2D eigenvalue weighted by Gasteiger charge is 2.16. The molecule has 0 fully saturated rings. The molecule has 1 aromatic carbocycles. The standard InChI is InChI=1S/C16H18N2O4S/c1-12-3-6-14(7-4-12)23(20,21)10-9-15(19)18-13-5-8-16(22-2)17-11-13/h3-8,11H,9-10H2,1-2H3,(H,18,19). The van der Waals surface area contributed by atoms with Gasteiger partial charge in [-0.05, 0) is 25.1 Å². The molecule has 0 aliphatic heterocycles. The molecule has 0 aliphatic carbocycles. The van der Waals surface area contributed by atoms with Crippen molar-refractivity contribution in [3.05, 3.63) is 48.2 Å². The fourth-order valence-electron chi connectivity index (χ4n) is 1.89. The lowest BCUT2D eigenvalue weighted by molar-refractivity contribution is -0.115. The third-order valence-electron chi connectivity index (χ3n) is 3.21. The Labute approximate surface area is 135 Å². The van der Waals surface area contributed by atoms with Gasteiger partial charge < -0.3 is 10.1 Å². The number of methoxy groups -OCH3 is 1. The number of carbonyl (C=O) groups excluding carboxylic acids is 1. The van der Waals surface area contributed by atoms with Crippen LogP contribution in [0, 0.1) is 6.92 Å². The van der Waals surface area contributed by atoms with Crippen molar-refractivity contribution in [3.63, 3.8) is 0 Å². The van der Waals surface area contributed by atoms with Crippen molar-refractivity contribution >= 4 is 21.4 Å². The highest BCUT2D eigenvalue weighted by atomic mass is 32.2. The number of anilines is 1. The molecule has 0 aliphatic rings. The monoisotopic (exact) mass is 334 g/mol. The molecule has 0 radical (unpaired) electrons. The molecular formula is C16H18N2O4S. The largest absolute Gasteiger partial charge is 0.481 e. The summed E-state index contributed by atoms with van der Waals surface area (Å²) in [6.45, 7) is 1.88. The summed E-state index contributed by atoms with van der Waals surface area (Å²) in [4.78, 5) is 16.0. The molecule has 0 saturated carbocycles. The smallest absolute Gasteiger partial charge is 0.225 e. The number of nitrogens with one attached hydrogen (secondary N) is 1. The third kappa shape index (κ3) is 4.79. The van der Waals surface area contributed by atoms with E-state index in [9.17, 15) is 13.2 Å². The quantitative estimate of drug-likeness (QED) is 0.875. The maximum atomic E-state index is 12.2. The van der Waals surface area contributed by atoms with Gasteiger partial charge in [0.1, 0.15) is 0 Å². The Bertz CT molecular complexity index is 769. The average molecular weight is 334 g/mol. The van der Waals surface area contributed by atoms with E-state index < -0.39 is 9.84 Å². The lowest BCUT2D eigenvalue weighted by atomic mass is 10.2. The number of aryl methyl sites for hydroxylation is 1. The van der Waals surface area contributed by atoms with Crippen molar-refractivity contribution in [1.82, 2.24) is 4.98 Å². The van der Waals surface area contributed by atoms with E-state index in [1.54, 1.807) is 36.4 Å².